The van der Waals surface area contributed by atoms with E-state index in [4.69, 9.17) is 8.92 Å². The molecule has 0 aliphatic carbocycles. The zero-order valence-corrected chi connectivity index (χ0v) is 13.6. The highest BCUT2D eigenvalue weighted by atomic mass is 32.2. The monoisotopic (exact) mass is 325 g/mol. The van der Waals surface area contributed by atoms with Gasteiger partial charge in [0.15, 0.2) is 6.04 Å². The number of nitrogens with zero attached hydrogens (tertiary/aromatic N) is 1. The second-order valence-electron chi connectivity index (χ2n) is 5.31. The first-order valence-electron chi connectivity index (χ1n) is 7.01. The van der Waals surface area contributed by atoms with Crippen molar-refractivity contribution in [2.45, 2.75) is 45.4 Å². The molecule has 22 heavy (non-hydrogen) atoms. The Morgan fingerprint density at radius 3 is 2.55 bits per heavy atom. The number of esters is 1. The van der Waals surface area contributed by atoms with Gasteiger partial charge in [0.1, 0.15) is 12.2 Å². The number of hydrogen-bond acceptors (Lipinski definition) is 5. The summed E-state index contributed by atoms with van der Waals surface area (Å²) in [5, 5.41) is 0. The van der Waals surface area contributed by atoms with Crippen LogP contribution < -0.4 is 0 Å². The second kappa shape index (κ2) is 6.58. The predicted octanol–water partition coefficient (Wildman–Crippen LogP) is 1.72. The van der Waals surface area contributed by atoms with Crippen LogP contribution in [0.15, 0.2) is 30.3 Å². The van der Waals surface area contributed by atoms with E-state index in [0.717, 1.165) is 9.87 Å². The maximum absolute atomic E-state index is 12.4. The normalized spacial score (nSPS) is 27.7. The van der Waals surface area contributed by atoms with E-state index in [1.165, 1.54) is 6.92 Å². The van der Waals surface area contributed by atoms with Crippen LogP contribution in [0.5, 0.6) is 0 Å². The first-order chi connectivity index (χ1) is 10.4. The fourth-order valence-corrected chi connectivity index (χ4v) is 3.58. The molecule has 0 N–H and O–H groups in total. The maximum Gasteiger partial charge on any atom is 0.333 e. The fourth-order valence-electron chi connectivity index (χ4n) is 2.27. The van der Waals surface area contributed by atoms with Crippen molar-refractivity contribution in [2.24, 2.45) is 0 Å². The van der Waals surface area contributed by atoms with Gasteiger partial charge in [-0.15, -0.1) is 0 Å². The van der Waals surface area contributed by atoms with Gasteiger partial charge in [-0.1, -0.05) is 37.3 Å². The van der Waals surface area contributed by atoms with Crippen molar-refractivity contribution in [1.82, 2.24) is 4.31 Å². The summed E-state index contributed by atoms with van der Waals surface area (Å²) >= 11 is -1.98. The van der Waals surface area contributed by atoms with Crippen LogP contribution in [-0.4, -0.2) is 32.0 Å². The van der Waals surface area contributed by atoms with Crippen LogP contribution in [0.2, 0.25) is 0 Å². The molecule has 1 unspecified atom stereocenters. The summed E-state index contributed by atoms with van der Waals surface area (Å²) in [7, 11) is 0. The minimum atomic E-state index is -1.98. The Labute approximate surface area is 132 Å². The molecule has 7 heteroatoms. The van der Waals surface area contributed by atoms with Gasteiger partial charge in [-0.2, -0.15) is 0 Å². The molecule has 1 aromatic rings. The molecule has 0 saturated carbocycles. The summed E-state index contributed by atoms with van der Waals surface area (Å²) < 4.78 is 23.5. The standard InChI is InChI=1S/C15H19NO5S/c1-4-15(3)13(16(11(2)17)22(19)21-15)14(18)20-10-12-8-6-5-7-9-12/h5-9,13H,4,10H2,1-3H3/t13-,15-,22?/m1/s1. The Hall–Kier alpha value is -1.73. The molecule has 0 bridgehead atoms. The van der Waals surface area contributed by atoms with Gasteiger partial charge in [0.05, 0.1) is 0 Å². The van der Waals surface area contributed by atoms with Crippen LogP contribution in [0.3, 0.4) is 0 Å². The number of amides is 1. The molecule has 0 radical (unpaired) electrons. The zero-order chi connectivity index (χ0) is 16.3. The molecule has 1 heterocycles. The van der Waals surface area contributed by atoms with Gasteiger partial charge in [-0.25, -0.2) is 13.3 Å². The van der Waals surface area contributed by atoms with Crippen molar-refractivity contribution in [3.05, 3.63) is 35.9 Å². The lowest BCUT2D eigenvalue weighted by Crippen LogP contribution is -2.50. The Morgan fingerprint density at radius 1 is 1.36 bits per heavy atom. The van der Waals surface area contributed by atoms with E-state index < -0.39 is 34.8 Å². The molecule has 1 aliphatic heterocycles. The Balaban J connectivity index is 2.17. The molecule has 0 aromatic heterocycles. The number of rotatable bonds is 4. The fraction of sp³-hybridized carbons (Fsp3) is 0.467. The van der Waals surface area contributed by atoms with Gasteiger partial charge in [-0.3, -0.25) is 8.98 Å². The third-order valence-electron chi connectivity index (χ3n) is 3.69. The molecule has 6 nitrogen and oxygen atoms in total. The Bertz CT molecular complexity index is 591. The number of ether oxygens (including phenoxy) is 1. The van der Waals surface area contributed by atoms with Crippen LogP contribution in [0.1, 0.15) is 32.8 Å². The van der Waals surface area contributed by atoms with Crippen molar-refractivity contribution in [3.8, 4) is 0 Å². The largest absolute Gasteiger partial charge is 0.459 e. The van der Waals surface area contributed by atoms with Gasteiger partial charge in [0.2, 0.25) is 5.91 Å². The first-order valence-corrected chi connectivity index (χ1v) is 8.04. The number of benzene rings is 1. The molecular formula is C15H19NO5S. The molecule has 0 spiro atoms. The third-order valence-corrected chi connectivity index (χ3v) is 5.01. The summed E-state index contributed by atoms with van der Waals surface area (Å²) in [4.78, 5) is 24.1. The zero-order valence-electron chi connectivity index (χ0n) is 12.8. The van der Waals surface area contributed by atoms with Crippen molar-refractivity contribution in [2.75, 3.05) is 0 Å². The summed E-state index contributed by atoms with van der Waals surface area (Å²) in [6, 6.07) is 8.20. The Morgan fingerprint density at radius 2 is 2.00 bits per heavy atom. The number of hydrogen-bond donors (Lipinski definition) is 0. The molecule has 1 saturated heterocycles. The maximum atomic E-state index is 12.4. The van der Waals surface area contributed by atoms with Crippen molar-refractivity contribution >= 4 is 23.1 Å². The minimum absolute atomic E-state index is 0.0916. The average Bonchev–Trinajstić information content (AvgIpc) is 2.77. The Kier molecular flexibility index (Phi) is 4.97. The molecule has 3 atom stereocenters. The predicted molar refractivity (Wildman–Crippen MR) is 80.5 cm³/mol. The molecule has 2 rings (SSSR count). The second-order valence-corrected chi connectivity index (χ2v) is 6.30. The van der Waals surface area contributed by atoms with E-state index in [0.29, 0.717) is 6.42 Å². The average molecular weight is 325 g/mol. The van der Waals surface area contributed by atoms with Crippen LogP contribution in [0.25, 0.3) is 0 Å². The molecule has 120 valence electrons. The van der Waals surface area contributed by atoms with Crippen molar-refractivity contribution < 1.29 is 22.7 Å². The third kappa shape index (κ3) is 3.20. The number of carbonyl (C=O) groups is 2. The van der Waals surface area contributed by atoms with E-state index in [9.17, 15) is 13.8 Å². The lowest BCUT2D eigenvalue weighted by Gasteiger charge is -2.27. The first kappa shape index (κ1) is 16.6. The van der Waals surface area contributed by atoms with Gasteiger partial charge in [0.25, 0.3) is 11.3 Å². The van der Waals surface area contributed by atoms with Gasteiger partial charge < -0.3 is 4.74 Å². The van der Waals surface area contributed by atoms with Crippen molar-refractivity contribution in [1.29, 1.82) is 0 Å². The lowest BCUT2D eigenvalue weighted by molar-refractivity contribution is -0.156. The van der Waals surface area contributed by atoms with Gasteiger partial charge >= 0.3 is 5.97 Å². The molecule has 1 fully saturated rings. The van der Waals surface area contributed by atoms with Crippen LogP contribution in [0.4, 0.5) is 0 Å². The van der Waals surface area contributed by atoms with Crippen LogP contribution >= 0.6 is 0 Å². The summed E-state index contributed by atoms with van der Waals surface area (Å²) in [5.41, 5.74) is -0.187. The summed E-state index contributed by atoms with van der Waals surface area (Å²) in [5.74, 6) is -1.11. The minimum Gasteiger partial charge on any atom is -0.459 e. The van der Waals surface area contributed by atoms with E-state index in [1.54, 1.807) is 13.8 Å². The van der Waals surface area contributed by atoms with E-state index in [1.807, 2.05) is 30.3 Å². The number of carbonyl (C=O) groups excluding carboxylic acids is 2. The SMILES string of the molecule is CC[C@@]1(C)OS(=O)N(C(C)=O)[C@@H]1C(=O)OCc1ccccc1. The van der Waals surface area contributed by atoms with Gasteiger partial charge in [-0.05, 0) is 18.9 Å². The lowest BCUT2D eigenvalue weighted by atomic mass is 9.93. The van der Waals surface area contributed by atoms with Gasteiger partial charge in [0, 0.05) is 6.92 Å². The highest BCUT2D eigenvalue weighted by Gasteiger charge is 2.55. The van der Waals surface area contributed by atoms with Crippen LogP contribution in [-0.2, 0) is 36.4 Å². The van der Waals surface area contributed by atoms with E-state index >= 15 is 0 Å². The quantitative estimate of drug-likeness (QED) is 0.788. The molecule has 1 amide bonds. The van der Waals surface area contributed by atoms with Crippen LogP contribution in [0, 0.1) is 0 Å². The summed E-state index contributed by atoms with van der Waals surface area (Å²) in [6.07, 6.45) is 0.424. The topological polar surface area (TPSA) is 72.9 Å². The summed E-state index contributed by atoms with van der Waals surface area (Å²) in [6.45, 7) is 4.80. The molecule has 1 aromatic carbocycles. The molecular weight excluding hydrogens is 306 g/mol. The smallest absolute Gasteiger partial charge is 0.333 e. The highest BCUT2D eigenvalue weighted by molar-refractivity contribution is 7.78. The van der Waals surface area contributed by atoms with E-state index in [-0.39, 0.29) is 6.61 Å². The highest BCUT2D eigenvalue weighted by Crippen LogP contribution is 2.35. The molecule has 1 aliphatic rings. The van der Waals surface area contributed by atoms with Crippen molar-refractivity contribution in [3.63, 3.8) is 0 Å². The van der Waals surface area contributed by atoms with E-state index in [2.05, 4.69) is 0 Å².